The maximum atomic E-state index is 5.56. The molecule has 0 spiro atoms. The first kappa shape index (κ1) is 31.3. The lowest BCUT2D eigenvalue weighted by Gasteiger charge is -2.08. The molecule has 0 aliphatic rings. The van der Waals surface area contributed by atoms with Crippen molar-refractivity contribution in [1.29, 1.82) is 0 Å². The zero-order valence-electron chi connectivity index (χ0n) is 20.4. The molecule has 0 N–H and O–H groups in total. The first-order chi connectivity index (χ1) is 15.9. The average Bonchev–Trinajstić information content (AvgIpc) is 2.81. The van der Waals surface area contributed by atoms with Gasteiger partial charge >= 0.3 is 0 Å². The van der Waals surface area contributed by atoms with Crippen molar-refractivity contribution in [3.05, 3.63) is 12.8 Å². The number of hydrogen-bond acceptors (Lipinski definition) is 8. The highest BCUT2D eigenvalue weighted by Gasteiger charge is 1.95. The Morgan fingerprint density at radius 3 is 1.09 bits per heavy atom. The van der Waals surface area contributed by atoms with Gasteiger partial charge in [0.05, 0.1) is 92.2 Å². The van der Waals surface area contributed by atoms with Gasteiger partial charge in [-0.3, -0.25) is 0 Å². The highest BCUT2D eigenvalue weighted by atomic mass is 16.6. The Labute approximate surface area is 195 Å². The van der Waals surface area contributed by atoms with E-state index in [9.17, 15) is 0 Å². The Balaban J connectivity index is 2.99. The highest BCUT2D eigenvalue weighted by molar-refractivity contribution is 4.47. The maximum Gasteiger partial charge on any atom is 0.111 e. The lowest BCUT2D eigenvalue weighted by Crippen LogP contribution is -2.14. The van der Waals surface area contributed by atoms with E-state index in [1.807, 2.05) is 0 Å². The molecule has 8 nitrogen and oxygen atoms in total. The number of unbranched alkanes of at least 4 members (excludes halogenated alkanes) is 5. The molecule has 0 unspecified atom stereocenters. The largest absolute Gasteiger partial charge is 0.499 e. The second kappa shape index (κ2) is 30.3. The fraction of sp³-hybridized carbons (Fsp3) is 0.917. The van der Waals surface area contributed by atoms with Gasteiger partial charge in [0.25, 0.3) is 0 Å². The Bertz CT molecular complexity index is 344. The van der Waals surface area contributed by atoms with E-state index < -0.39 is 0 Å². The summed E-state index contributed by atoms with van der Waals surface area (Å²) in [5, 5.41) is 0. The summed E-state index contributed by atoms with van der Waals surface area (Å²) in [7, 11) is 0. The minimum absolute atomic E-state index is 0.514. The second-order valence-electron chi connectivity index (χ2n) is 7.09. The van der Waals surface area contributed by atoms with Gasteiger partial charge < -0.3 is 37.9 Å². The van der Waals surface area contributed by atoms with Crippen LogP contribution in [-0.4, -0.2) is 99.1 Å². The summed E-state index contributed by atoms with van der Waals surface area (Å²) in [4.78, 5) is 0. The molecule has 0 aromatic carbocycles. The molecule has 0 radical (unpaired) electrons. The van der Waals surface area contributed by atoms with Gasteiger partial charge in [-0.25, -0.2) is 0 Å². The van der Waals surface area contributed by atoms with Crippen molar-refractivity contribution < 1.29 is 37.9 Å². The lowest BCUT2D eigenvalue weighted by molar-refractivity contribution is -0.0217. The summed E-state index contributed by atoms with van der Waals surface area (Å²) in [6, 6.07) is 0. The molecule has 0 heterocycles. The van der Waals surface area contributed by atoms with Crippen molar-refractivity contribution in [2.75, 3.05) is 99.1 Å². The van der Waals surface area contributed by atoms with E-state index in [1.54, 1.807) is 0 Å². The van der Waals surface area contributed by atoms with E-state index in [2.05, 4.69) is 13.5 Å². The van der Waals surface area contributed by atoms with E-state index >= 15 is 0 Å². The molecule has 8 heteroatoms. The minimum Gasteiger partial charge on any atom is -0.499 e. The molecule has 0 aromatic rings. The topological polar surface area (TPSA) is 73.8 Å². The quantitative estimate of drug-likeness (QED) is 0.123. The molecule has 0 aliphatic carbocycles. The van der Waals surface area contributed by atoms with Crippen molar-refractivity contribution in [2.24, 2.45) is 0 Å². The zero-order valence-corrected chi connectivity index (χ0v) is 20.4. The summed E-state index contributed by atoms with van der Waals surface area (Å²) in [6.45, 7) is 14.4. The van der Waals surface area contributed by atoms with Gasteiger partial charge in [0.15, 0.2) is 0 Å². The van der Waals surface area contributed by atoms with Gasteiger partial charge in [0, 0.05) is 6.61 Å². The van der Waals surface area contributed by atoms with Gasteiger partial charge in [-0.2, -0.15) is 0 Å². The lowest BCUT2D eigenvalue weighted by atomic mass is 10.1. The smallest absolute Gasteiger partial charge is 0.111 e. The van der Waals surface area contributed by atoms with Crippen LogP contribution in [0, 0.1) is 0 Å². The van der Waals surface area contributed by atoms with Gasteiger partial charge in [0.2, 0.25) is 0 Å². The van der Waals surface area contributed by atoms with E-state index in [-0.39, 0.29) is 0 Å². The second-order valence-corrected chi connectivity index (χ2v) is 7.09. The molecule has 192 valence electrons. The summed E-state index contributed by atoms with van der Waals surface area (Å²) in [6.07, 6.45) is 9.12. The van der Waals surface area contributed by atoms with E-state index in [4.69, 9.17) is 37.9 Å². The third kappa shape index (κ3) is 29.3. The molecule has 0 amide bonds. The summed E-state index contributed by atoms with van der Waals surface area (Å²) >= 11 is 0. The number of hydrogen-bond donors (Lipinski definition) is 0. The zero-order chi connectivity index (χ0) is 23.2. The third-order valence-corrected chi connectivity index (χ3v) is 4.34. The standard InChI is InChI=1S/C24H48O8/c1-3-5-6-7-8-9-10-26-13-14-28-17-18-30-21-22-32-24-23-31-20-19-29-16-15-27-12-11-25-4-2/h4H,2-3,5-24H2,1H3. The maximum absolute atomic E-state index is 5.56. The first-order valence-corrected chi connectivity index (χ1v) is 12.2. The van der Waals surface area contributed by atoms with Crippen LogP contribution in [0.15, 0.2) is 12.8 Å². The molecule has 0 saturated carbocycles. The van der Waals surface area contributed by atoms with Gasteiger partial charge in [0.1, 0.15) is 6.61 Å². The van der Waals surface area contributed by atoms with Crippen LogP contribution in [-0.2, 0) is 37.9 Å². The van der Waals surface area contributed by atoms with Crippen molar-refractivity contribution in [2.45, 2.75) is 45.4 Å². The van der Waals surface area contributed by atoms with E-state index in [1.165, 1.54) is 38.4 Å². The molecule has 0 aliphatic heterocycles. The molecular weight excluding hydrogens is 416 g/mol. The van der Waals surface area contributed by atoms with Crippen LogP contribution >= 0.6 is 0 Å². The van der Waals surface area contributed by atoms with Crippen LogP contribution in [0.5, 0.6) is 0 Å². The Morgan fingerprint density at radius 1 is 0.406 bits per heavy atom. The fourth-order valence-electron chi connectivity index (χ4n) is 2.60. The SMILES string of the molecule is C=COCCOCCOCCOCCOCCOCCOCCOCCCCCCCC. The molecule has 0 rings (SSSR count). The average molecular weight is 465 g/mol. The van der Waals surface area contributed by atoms with Crippen molar-refractivity contribution >= 4 is 0 Å². The molecule has 0 bridgehead atoms. The Morgan fingerprint density at radius 2 is 0.719 bits per heavy atom. The summed E-state index contributed by atoms with van der Waals surface area (Å²) in [5.41, 5.74) is 0. The predicted molar refractivity (Wildman–Crippen MR) is 125 cm³/mol. The van der Waals surface area contributed by atoms with Crippen LogP contribution < -0.4 is 0 Å². The highest BCUT2D eigenvalue weighted by Crippen LogP contribution is 2.04. The van der Waals surface area contributed by atoms with Crippen LogP contribution in [0.1, 0.15) is 45.4 Å². The van der Waals surface area contributed by atoms with Crippen LogP contribution in [0.2, 0.25) is 0 Å². The van der Waals surface area contributed by atoms with E-state index in [0.717, 1.165) is 13.0 Å². The number of rotatable bonds is 29. The summed E-state index contributed by atoms with van der Waals surface area (Å²) < 4.78 is 43.0. The van der Waals surface area contributed by atoms with Crippen LogP contribution in [0.3, 0.4) is 0 Å². The van der Waals surface area contributed by atoms with Gasteiger partial charge in [-0.1, -0.05) is 45.6 Å². The molecule has 0 aromatic heterocycles. The van der Waals surface area contributed by atoms with Crippen LogP contribution in [0.25, 0.3) is 0 Å². The number of ether oxygens (including phenoxy) is 8. The normalized spacial score (nSPS) is 11.2. The molecule has 0 atom stereocenters. The van der Waals surface area contributed by atoms with Crippen molar-refractivity contribution in [3.8, 4) is 0 Å². The third-order valence-electron chi connectivity index (χ3n) is 4.34. The van der Waals surface area contributed by atoms with Gasteiger partial charge in [-0.05, 0) is 6.42 Å². The van der Waals surface area contributed by atoms with Gasteiger partial charge in [-0.15, -0.1) is 0 Å². The predicted octanol–water partition coefficient (Wildman–Crippen LogP) is 3.62. The fourth-order valence-corrected chi connectivity index (χ4v) is 2.60. The first-order valence-electron chi connectivity index (χ1n) is 12.2. The van der Waals surface area contributed by atoms with Crippen molar-refractivity contribution in [3.63, 3.8) is 0 Å². The molecule has 0 fully saturated rings. The monoisotopic (exact) mass is 464 g/mol. The summed E-state index contributed by atoms with van der Waals surface area (Å²) in [5.74, 6) is 0. The molecule has 32 heavy (non-hydrogen) atoms. The minimum atomic E-state index is 0.514. The molecule has 0 saturated heterocycles. The Hall–Kier alpha value is -0.740. The van der Waals surface area contributed by atoms with Crippen LogP contribution in [0.4, 0.5) is 0 Å². The Kier molecular flexibility index (Phi) is 29.6. The molecular formula is C24H48O8. The van der Waals surface area contributed by atoms with E-state index in [0.29, 0.717) is 92.5 Å². The van der Waals surface area contributed by atoms with Crippen molar-refractivity contribution in [1.82, 2.24) is 0 Å².